The Morgan fingerprint density at radius 1 is 1.35 bits per heavy atom. The molecule has 2 unspecified atom stereocenters. The lowest BCUT2D eigenvalue weighted by Gasteiger charge is -2.17. The number of nitriles is 1. The molecule has 1 aliphatic heterocycles. The standard InChI is InChI=1S/C18H17ClN2O2/c1-10(2)12(8-20)15-16(22)13-9-23-17(14(13)18(19)21-15)11-6-4-3-5-7-11/h3-7,10,12,17,22H,9H2,1-2H3. The topological polar surface area (TPSA) is 66.1 Å². The molecule has 23 heavy (non-hydrogen) atoms. The molecule has 0 amide bonds. The van der Waals surface area contributed by atoms with E-state index < -0.39 is 5.92 Å². The highest BCUT2D eigenvalue weighted by atomic mass is 35.5. The molecule has 0 bridgehead atoms. The number of pyridine rings is 1. The fraction of sp³-hybridized carbons (Fsp3) is 0.333. The van der Waals surface area contributed by atoms with Gasteiger partial charge in [0, 0.05) is 11.1 Å². The summed E-state index contributed by atoms with van der Waals surface area (Å²) in [6.45, 7) is 4.09. The summed E-state index contributed by atoms with van der Waals surface area (Å²) in [7, 11) is 0. The average Bonchev–Trinajstić information content (AvgIpc) is 2.99. The molecule has 1 aromatic carbocycles. The van der Waals surface area contributed by atoms with Crippen LogP contribution >= 0.6 is 11.6 Å². The molecule has 0 aliphatic carbocycles. The zero-order valence-corrected chi connectivity index (χ0v) is 13.7. The Morgan fingerprint density at radius 3 is 2.65 bits per heavy atom. The first-order chi connectivity index (χ1) is 11.0. The van der Waals surface area contributed by atoms with E-state index in [1.807, 2.05) is 44.2 Å². The highest BCUT2D eigenvalue weighted by Crippen LogP contribution is 2.45. The van der Waals surface area contributed by atoms with Crippen molar-refractivity contribution < 1.29 is 9.84 Å². The normalized spacial score (nSPS) is 17.8. The van der Waals surface area contributed by atoms with Gasteiger partial charge in [0.1, 0.15) is 22.7 Å². The number of aromatic nitrogens is 1. The SMILES string of the molecule is CC(C)C(C#N)c1nc(Cl)c2c(c1O)COC2c1ccccc1. The predicted octanol–water partition coefficient (Wildman–Crippen LogP) is 4.32. The first kappa shape index (κ1) is 15.8. The minimum absolute atomic E-state index is 0.0276. The second-order valence-corrected chi connectivity index (χ2v) is 6.34. The Kier molecular flexibility index (Phi) is 4.25. The summed E-state index contributed by atoms with van der Waals surface area (Å²) >= 11 is 6.39. The Balaban J connectivity index is 2.11. The van der Waals surface area contributed by atoms with Crippen LogP contribution in [0.5, 0.6) is 5.75 Å². The highest BCUT2D eigenvalue weighted by Gasteiger charge is 2.34. The van der Waals surface area contributed by atoms with Crippen molar-refractivity contribution in [1.29, 1.82) is 5.26 Å². The molecule has 118 valence electrons. The Labute approximate surface area is 140 Å². The van der Waals surface area contributed by atoms with Gasteiger partial charge in [-0.05, 0) is 11.5 Å². The van der Waals surface area contributed by atoms with Crippen molar-refractivity contribution in [2.24, 2.45) is 5.92 Å². The smallest absolute Gasteiger partial charge is 0.144 e. The zero-order valence-electron chi connectivity index (χ0n) is 13.0. The van der Waals surface area contributed by atoms with Crippen LogP contribution in [0.15, 0.2) is 30.3 Å². The number of halogens is 1. The van der Waals surface area contributed by atoms with Gasteiger partial charge in [-0.3, -0.25) is 0 Å². The number of aromatic hydroxyl groups is 1. The van der Waals surface area contributed by atoms with Gasteiger partial charge in [-0.1, -0.05) is 55.8 Å². The summed E-state index contributed by atoms with van der Waals surface area (Å²) in [5, 5.41) is 20.3. The van der Waals surface area contributed by atoms with E-state index >= 15 is 0 Å². The Hall–Kier alpha value is -2.09. The van der Waals surface area contributed by atoms with Crippen LogP contribution in [0.3, 0.4) is 0 Å². The molecule has 2 heterocycles. The summed E-state index contributed by atoms with van der Waals surface area (Å²) in [6, 6.07) is 11.9. The van der Waals surface area contributed by atoms with Crippen LogP contribution in [0.2, 0.25) is 5.15 Å². The summed E-state index contributed by atoms with van der Waals surface area (Å²) in [5.74, 6) is -0.448. The Morgan fingerprint density at radius 2 is 2.04 bits per heavy atom. The van der Waals surface area contributed by atoms with Crippen LogP contribution in [0.4, 0.5) is 0 Å². The first-order valence-electron chi connectivity index (χ1n) is 7.51. The third-order valence-electron chi connectivity index (χ3n) is 4.15. The molecule has 1 N–H and O–H groups in total. The van der Waals surface area contributed by atoms with Crippen molar-refractivity contribution in [2.75, 3.05) is 0 Å². The highest BCUT2D eigenvalue weighted by molar-refractivity contribution is 6.30. The third-order valence-corrected chi connectivity index (χ3v) is 4.44. The van der Waals surface area contributed by atoms with Crippen molar-refractivity contribution in [3.63, 3.8) is 0 Å². The monoisotopic (exact) mass is 328 g/mol. The molecule has 2 aromatic rings. The number of ether oxygens (including phenoxy) is 1. The van der Waals surface area contributed by atoms with E-state index in [9.17, 15) is 10.4 Å². The van der Waals surface area contributed by atoms with E-state index in [-0.39, 0.29) is 24.4 Å². The van der Waals surface area contributed by atoms with Gasteiger partial charge in [0.05, 0.1) is 18.6 Å². The van der Waals surface area contributed by atoms with Gasteiger partial charge < -0.3 is 9.84 Å². The summed E-state index contributed by atoms with van der Waals surface area (Å²) in [6.07, 6.45) is -0.342. The van der Waals surface area contributed by atoms with E-state index in [0.29, 0.717) is 22.0 Å². The molecule has 1 aromatic heterocycles. The fourth-order valence-corrected chi connectivity index (χ4v) is 3.23. The van der Waals surface area contributed by atoms with Gasteiger partial charge in [0.15, 0.2) is 0 Å². The van der Waals surface area contributed by atoms with Crippen LogP contribution in [-0.4, -0.2) is 10.1 Å². The Bertz CT molecular complexity index is 769. The third kappa shape index (κ3) is 2.67. The molecular weight excluding hydrogens is 312 g/mol. The molecule has 0 saturated carbocycles. The van der Waals surface area contributed by atoms with Crippen LogP contribution < -0.4 is 0 Å². The van der Waals surface area contributed by atoms with E-state index in [4.69, 9.17) is 16.3 Å². The second kappa shape index (κ2) is 6.19. The number of hydrogen-bond donors (Lipinski definition) is 1. The predicted molar refractivity (Wildman–Crippen MR) is 87.2 cm³/mol. The first-order valence-corrected chi connectivity index (χ1v) is 7.89. The fourth-order valence-electron chi connectivity index (χ4n) is 2.92. The van der Waals surface area contributed by atoms with Crippen LogP contribution in [0.1, 0.15) is 48.3 Å². The molecule has 1 aliphatic rings. The molecule has 2 atom stereocenters. The number of nitrogens with zero attached hydrogens (tertiary/aromatic N) is 2. The van der Waals surface area contributed by atoms with Gasteiger partial charge in [-0.2, -0.15) is 5.26 Å². The van der Waals surface area contributed by atoms with Crippen molar-refractivity contribution in [3.05, 3.63) is 57.9 Å². The van der Waals surface area contributed by atoms with Crippen molar-refractivity contribution in [1.82, 2.24) is 4.98 Å². The molecular formula is C18H17ClN2O2. The van der Waals surface area contributed by atoms with E-state index in [2.05, 4.69) is 11.1 Å². The number of benzene rings is 1. The summed E-state index contributed by atoms with van der Waals surface area (Å²) < 4.78 is 5.83. The van der Waals surface area contributed by atoms with Gasteiger partial charge in [-0.25, -0.2) is 4.98 Å². The maximum Gasteiger partial charge on any atom is 0.144 e. The minimum Gasteiger partial charge on any atom is -0.506 e. The lowest BCUT2D eigenvalue weighted by atomic mass is 9.90. The van der Waals surface area contributed by atoms with Gasteiger partial charge in [0.2, 0.25) is 0 Å². The average molecular weight is 329 g/mol. The molecule has 0 saturated heterocycles. The maximum absolute atomic E-state index is 10.6. The molecule has 0 fully saturated rings. The van der Waals surface area contributed by atoms with Crippen LogP contribution in [0.25, 0.3) is 0 Å². The maximum atomic E-state index is 10.6. The largest absolute Gasteiger partial charge is 0.506 e. The van der Waals surface area contributed by atoms with Crippen LogP contribution in [-0.2, 0) is 11.3 Å². The van der Waals surface area contributed by atoms with Gasteiger partial charge in [-0.15, -0.1) is 0 Å². The number of rotatable bonds is 3. The molecule has 0 spiro atoms. The van der Waals surface area contributed by atoms with Gasteiger partial charge >= 0.3 is 0 Å². The quantitative estimate of drug-likeness (QED) is 0.852. The molecule has 4 nitrogen and oxygen atoms in total. The second-order valence-electron chi connectivity index (χ2n) is 5.98. The number of fused-ring (bicyclic) bond motifs is 1. The van der Waals surface area contributed by atoms with Crippen molar-refractivity contribution in [3.8, 4) is 11.8 Å². The van der Waals surface area contributed by atoms with Gasteiger partial charge in [0.25, 0.3) is 0 Å². The molecule has 0 radical (unpaired) electrons. The lowest BCUT2D eigenvalue weighted by Crippen LogP contribution is -2.09. The number of hydrogen-bond acceptors (Lipinski definition) is 4. The van der Waals surface area contributed by atoms with E-state index in [1.54, 1.807) is 0 Å². The van der Waals surface area contributed by atoms with E-state index in [1.165, 1.54) is 0 Å². The molecule has 5 heteroatoms. The van der Waals surface area contributed by atoms with Crippen molar-refractivity contribution >= 4 is 11.6 Å². The summed E-state index contributed by atoms with van der Waals surface area (Å²) in [4.78, 5) is 4.33. The van der Waals surface area contributed by atoms with E-state index in [0.717, 1.165) is 5.56 Å². The summed E-state index contributed by atoms with van der Waals surface area (Å²) in [5.41, 5.74) is 2.63. The van der Waals surface area contributed by atoms with Crippen molar-refractivity contribution in [2.45, 2.75) is 32.5 Å². The lowest BCUT2D eigenvalue weighted by molar-refractivity contribution is 0.0932. The van der Waals surface area contributed by atoms with Crippen LogP contribution in [0, 0.1) is 17.2 Å². The molecule has 3 rings (SSSR count). The minimum atomic E-state index is -0.506. The zero-order chi connectivity index (χ0) is 16.6.